The van der Waals surface area contributed by atoms with Crippen LogP contribution in [0, 0.1) is 0 Å². The Morgan fingerprint density at radius 1 is 1.18 bits per heavy atom. The fourth-order valence-electron chi connectivity index (χ4n) is 2.49. The van der Waals surface area contributed by atoms with Crippen molar-refractivity contribution in [3.8, 4) is 5.75 Å². The lowest BCUT2D eigenvalue weighted by atomic mass is 10.3. The lowest BCUT2D eigenvalue weighted by Gasteiger charge is -2.35. The van der Waals surface area contributed by atoms with E-state index in [0.717, 1.165) is 38.5 Å². The number of halogens is 2. The maximum absolute atomic E-state index is 12.1. The van der Waals surface area contributed by atoms with Crippen molar-refractivity contribution in [3.05, 3.63) is 40.7 Å². The molecule has 0 unspecified atom stereocenters. The second-order valence-corrected chi connectivity index (χ2v) is 6.11. The summed E-state index contributed by atoms with van der Waals surface area (Å²) in [6.45, 7) is 1.87. The molecule has 1 saturated heterocycles. The van der Waals surface area contributed by atoms with Gasteiger partial charge in [-0.3, -0.25) is 4.90 Å². The molecule has 0 bridgehead atoms. The van der Waals surface area contributed by atoms with Crippen molar-refractivity contribution in [3.63, 3.8) is 0 Å². The van der Waals surface area contributed by atoms with Gasteiger partial charge < -0.3 is 9.64 Å². The van der Waals surface area contributed by atoms with Crippen molar-refractivity contribution in [1.29, 1.82) is 0 Å². The van der Waals surface area contributed by atoms with Crippen LogP contribution >= 0.6 is 11.3 Å². The van der Waals surface area contributed by atoms with Gasteiger partial charge in [0, 0.05) is 37.6 Å². The molecule has 2 aromatic rings. The van der Waals surface area contributed by atoms with E-state index in [1.807, 2.05) is 0 Å². The SMILES string of the molecule is FC(F)Oc1ccc(N2CCN(Cc3cccs3)CC2)nc1. The van der Waals surface area contributed by atoms with E-state index in [-0.39, 0.29) is 5.75 Å². The third-order valence-corrected chi connectivity index (χ3v) is 4.46. The van der Waals surface area contributed by atoms with E-state index >= 15 is 0 Å². The number of piperazine rings is 1. The highest BCUT2D eigenvalue weighted by molar-refractivity contribution is 7.09. The molecule has 0 aliphatic carbocycles. The third kappa shape index (κ3) is 3.92. The van der Waals surface area contributed by atoms with Crippen LogP contribution < -0.4 is 9.64 Å². The summed E-state index contributed by atoms with van der Waals surface area (Å²) in [6, 6.07) is 7.49. The Balaban J connectivity index is 1.52. The molecule has 1 fully saturated rings. The Labute approximate surface area is 131 Å². The van der Waals surface area contributed by atoms with Crippen LogP contribution in [-0.2, 0) is 6.54 Å². The average Bonchev–Trinajstić information content (AvgIpc) is 3.01. The van der Waals surface area contributed by atoms with Gasteiger partial charge in [-0.1, -0.05) is 6.07 Å². The minimum absolute atomic E-state index is 0.0927. The van der Waals surface area contributed by atoms with Crippen LogP contribution in [0.25, 0.3) is 0 Å². The van der Waals surface area contributed by atoms with E-state index in [4.69, 9.17) is 0 Å². The first-order chi connectivity index (χ1) is 10.7. The van der Waals surface area contributed by atoms with Gasteiger partial charge in [0.15, 0.2) is 0 Å². The lowest BCUT2D eigenvalue weighted by Crippen LogP contribution is -2.46. The largest absolute Gasteiger partial charge is 0.433 e. The number of nitrogens with zero attached hydrogens (tertiary/aromatic N) is 3. The number of pyridine rings is 1. The molecule has 0 amide bonds. The van der Waals surface area contributed by atoms with Crippen molar-refractivity contribution in [2.24, 2.45) is 0 Å². The second-order valence-electron chi connectivity index (χ2n) is 5.07. The van der Waals surface area contributed by atoms with Gasteiger partial charge >= 0.3 is 6.61 Å². The zero-order valence-electron chi connectivity index (χ0n) is 12.0. The molecule has 1 aliphatic rings. The summed E-state index contributed by atoms with van der Waals surface area (Å²) in [4.78, 5) is 10.2. The Kier molecular flexibility index (Phi) is 4.84. The van der Waals surface area contributed by atoms with Gasteiger partial charge in [0.2, 0.25) is 0 Å². The summed E-state index contributed by atoms with van der Waals surface area (Å²) in [5, 5.41) is 2.10. The molecule has 2 aromatic heterocycles. The number of anilines is 1. The average molecular weight is 325 g/mol. The summed E-state index contributed by atoms with van der Waals surface area (Å²) >= 11 is 1.78. The molecule has 0 aromatic carbocycles. The zero-order valence-corrected chi connectivity index (χ0v) is 12.8. The third-order valence-electron chi connectivity index (χ3n) is 3.60. The van der Waals surface area contributed by atoms with Gasteiger partial charge in [0.1, 0.15) is 11.6 Å². The Hall–Kier alpha value is -1.73. The number of rotatable bonds is 5. The van der Waals surface area contributed by atoms with Crippen LogP contribution in [0.3, 0.4) is 0 Å². The predicted molar refractivity (Wildman–Crippen MR) is 82.7 cm³/mol. The minimum atomic E-state index is -2.81. The van der Waals surface area contributed by atoms with Gasteiger partial charge in [-0.25, -0.2) is 4.98 Å². The number of hydrogen-bond acceptors (Lipinski definition) is 5. The number of hydrogen-bond donors (Lipinski definition) is 0. The molecular weight excluding hydrogens is 308 g/mol. The number of alkyl halides is 2. The van der Waals surface area contributed by atoms with Gasteiger partial charge in [-0.15, -0.1) is 11.3 Å². The molecule has 3 heterocycles. The van der Waals surface area contributed by atoms with Crippen molar-refractivity contribution in [2.75, 3.05) is 31.1 Å². The maximum Gasteiger partial charge on any atom is 0.387 e. The molecule has 1 aliphatic heterocycles. The van der Waals surface area contributed by atoms with Crippen molar-refractivity contribution >= 4 is 17.2 Å². The predicted octanol–water partition coefficient (Wildman–Crippen LogP) is 3.07. The summed E-state index contributed by atoms with van der Waals surface area (Å²) in [6.07, 6.45) is 1.35. The molecule has 4 nitrogen and oxygen atoms in total. The van der Waals surface area contributed by atoms with E-state index in [1.54, 1.807) is 17.4 Å². The molecule has 0 atom stereocenters. The highest BCUT2D eigenvalue weighted by Gasteiger charge is 2.18. The molecule has 0 radical (unpaired) electrons. The second kappa shape index (κ2) is 7.02. The van der Waals surface area contributed by atoms with Crippen LogP contribution in [0.5, 0.6) is 5.75 Å². The standard InChI is InChI=1S/C15H17F2N3OS/c16-15(17)21-12-3-4-14(18-10-12)20-7-5-19(6-8-20)11-13-2-1-9-22-13/h1-4,9-10,15H,5-8,11H2. The molecule has 0 N–H and O–H groups in total. The van der Waals surface area contributed by atoms with Crippen LogP contribution in [0.15, 0.2) is 35.8 Å². The highest BCUT2D eigenvalue weighted by atomic mass is 32.1. The first-order valence-electron chi connectivity index (χ1n) is 7.11. The summed E-state index contributed by atoms with van der Waals surface area (Å²) in [7, 11) is 0. The first kappa shape index (κ1) is 15.2. The van der Waals surface area contributed by atoms with Crippen molar-refractivity contribution in [2.45, 2.75) is 13.2 Å². The van der Waals surface area contributed by atoms with Gasteiger partial charge in [0.05, 0.1) is 6.20 Å². The molecule has 3 rings (SSSR count). The molecule has 22 heavy (non-hydrogen) atoms. The Morgan fingerprint density at radius 3 is 2.59 bits per heavy atom. The summed E-state index contributed by atoms with van der Waals surface area (Å²) in [5.74, 6) is 0.896. The quantitative estimate of drug-likeness (QED) is 0.845. The molecule has 0 saturated carbocycles. The molecular formula is C15H17F2N3OS. The van der Waals surface area contributed by atoms with E-state index < -0.39 is 6.61 Å². The van der Waals surface area contributed by atoms with E-state index in [1.165, 1.54) is 17.1 Å². The number of thiophene rings is 1. The molecule has 7 heteroatoms. The highest BCUT2D eigenvalue weighted by Crippen LogP contribution is 2.20. The summed E-state index contributed by atoms with van der Waals surface area (Å²) in [5.41, 5.74) is 0. The van der Waals surface area contributed by atoms with Gasteiger partial charge in [-0.05, 0) is 23.6 Å². The van der Waals surface area contributed by atoms with E-state index in [0.29, 0.717) is 0 Å². The van der Waals surface area contributed by atoms with E-state index in [2.05, 4.69) is 37.0 Å². The first-order valence-corrected chi connectivity index (χ1v) is 7.99. The smallest absolute Gasteiger partial charge is 0.387 e. The Morgan fingerprint density at radius 2 is 2.00 bits per heavy atom. The van der Waals surface area contributed by atoms with Gasteiger partial charge in [-0.2, -0.15) is 8.78 Å². The summed E-state index contributed by atoms with van der Waals surface area (Å²) < 4.78 is 28.5. The van der Waals surface area contributed by atoms with Crippen LogP contribution in [0.1, 0.15) is 4.88 Å². The maximum atomic E-state index is 12.1. The normalized spacial score (nSPS) is 16.2. The molecule has 0 spiro atoms. The fourth-order valence-corrected chi connectivity index (χ4v) is 3.24. The number of ether oxygens (including phenoxy) is 1. The minimum Gasteiger partial charge on any atom is -0.433 e. The van der Waals surface area contributed by atoms with Gasteiger partial charge in [0.25, 0.3) is 0 Å². The van der Waals surface area contributed by atoms with Crippen LogP contribution in [0.2, 0.25) is 0 Å². The van der Waals surface area contributed by atoms with E-state index in [9.17, 15) is 8.78 Å². The Bertz CT molecular complexity index is 569. The van der Waals surface area contributed by atoms with Crippen molar-refractivity contribution in [1.82, 2.24) is 9.88 Å². The molecule has 118 valence electrons. The number of aromatic nitrogens is 1. The fraction of sp³-hybridized carbons (Fsp3) is 0.400. The topological polar surface area (TPSA) is 28.6 Å². The lowest BCUT2D eigenvalue weighted by molar-refractivity contribution is -0.0500. The zero-order chi connectivity index (χ0) is 15.4. The van der Waals surface area contributed by atoms with Crippen LogP contribution in [-0.4, -0.2) is 42.7 Å². The monoisotopic (exact) mass is 325 g/mol. The van der Waals surface area contributed by atoms with Crippen molar-refractivity contribution < 1.29 is 13.5 Å². The van der Waals surface area contributed by atoms with Crippen LogP contribution in [0.4, 0.5) is 14.6 Å².